The summed E-state index contributed by atoms with van der Waals surface area (Å²) in [5.41, 5.74) is 2.46. The Morgan fingerprint density at radius 2 is 1.90 bits per heavy atom. The van der Waals surface area contributed by atoms with Gasteiger partial charge in [0.2, 0.25) is 0 Å². The van der Waals surface area contributed by atoms with Crippen LogP contribution in [0, 0.1) is 0 Å². The summed E-state index contributed by atoms with van der Waals surface area (Å²) in [5, 5.41) is 2.91. The summed E-state index contributed by atoms with van der Waals surface area (Å²) in [4.78, 5) is 54.3. The molecule has 39 heavy (non-hydrogen) atoms. The first-order valence-corrected chi connectivity index (χ1v) is 12.6. The van der Waals surface area contributed by atoms with E-state index >= 15 is 0 Å². The molecule has 0 saturated heterocycles. The number of Topliss-reactive ketones (excluding diaryl/α,β-unsaturated/α-hetero) is 1. The lowest BCUT2D eigenvalue weighted by molar-refractivity contribution is -0.122. The van der Waals surface area contributed by atoms with Gasteiger partial charge in [-0.3, -0.25) is 24.4 Å². The Bertz CT molecular complexity index is 1530. The van der Waals surface area contributed by atoms with Gasteiger partial charge in [-0.1, -0.05) is 23.7 Å². The lowest BCUT2D eigenvalue weighted by Gasteiger charge is -2.29. The van der Waals surface area contributed by atoms with Gasteiger partial charge in [-0.2, -0.15) is 0 Å². The largest absolute Gasteiger partial charge is 0.495 e. The predicted molar refractivity (Wildman–Crippen MR) is 145 cm³/mol. The van der Waals surface area contributed by atoms with Crippen molar-refractivity contribution in [1.29, 1.82) is 0 Å². The molecular weight excluding hydrogens is 518 g/mol. The molecule has 4 aromatic rings. The van der Waals surface area contributed by atoms with Crippen LogP contribution in [0.5, 0.6) is 5.75 Å². The maximum Gasteiger partial charge on any atom is 0.258 e. The first-order chi connectivity index (χ1) is 18.9. The minimum Gasteiger partial charge on any atom is -0.495 e. The number of carbonyl (C=O) groups excluding carboxylic acids is 3. The van der Waals surface area contributed by atoms with Crippen LogP contribution in [0.15, 0.2) is 79.3 Å². The fourth-order valence-corrected chi connectivity index (χ4v) is 4.73. The molecule has 0 spiro atoms. The minimum atomic E-state index is -0.746. The SMILES string of the molecule is COc1ccc(NC(=O)c2ccc(CN3C(=O)c4cccnc4CC(=O)C3Cc3ccccn3)cc2Cl)nc1. The third-order valence-corrected chi connectivity index (χ3v) is 6.76. The second-order valence-corrected chi connectivity index (χ2v) is 9.37. The molecule has 3 aromatic heterocycles. The number of methoxy groups -OCH3 is 1. The standard InChI is InChI=1S/C29H24ClN5O4/c1-39-20-8-10-27(33-16-20)34-28(37)21-9-7-18(13-23(21)30)17-35-25(14-19-5-2-3-11-31-19)26(36)15-24-22(29(35)38)6-4-12-32-24/h2-13,16,25H,14-15,17H2,1H3,(H,33,34,37). The van der Waals surface area contributed by atoms with E-state index in [1.54, 1.807) is 60.9 Å². The molecule has 0 fully saturated rings. The van der Waals surface area contributed by atoms with Crippen molar-refractivity contribution in [1.82, 2.24) is 19.9 Å². The number of benzene rings is 1. The quantitative estimate of drug-likeness (QED) is 0.373. The molecule has 1 atom stereocenters. The molecule has 196 valence electrons. The van der Waals surface area contributed by atoms with Crippen molar-refractivity contribution >= 4 is 35.0 Å². The summed E-state index contributed by atoms with van der Waals surface area (Å²) >= 11 is 6.51. The molecule has 1 aromatic carbocycles. The number of anilines is 1. The lowest BCUT2D eigenvalue weighted by Crippen LogP contribution is -2.45. The van der Waals surface area contributed by atoms with Gasteiger partial charge in [0.15, 0.2) is 5.78 Å². The Morgan fingerprint density at radius 3 is 2.62 bits per heavy atom. The summed E-state index contributed by atoms with van der Waals surface area (Å²) < 4.78 is 5.08. The van der Waals surface area contributed by atoms with Gasteiger partial charge < -0.3 is 15.0 Å². The van der Waals surface area contributed by atoms with Crippen LogP contribution < -0.4 is 10.1 Å². The van der Waals surface area contributed by atoms with Crippen molar-refractivity contribution in [2.24, 2.45) is 0 Å². The Morgan fingerprint density at radius 1 is 1.05 bits per heavy atom. The first-order valence-electron chi connectivity index (χ1n) is 12.2. The average molecular weight is 542 g/mol. The topological polar surface area (TPSA) is 114 Å². The second kappa shape index (κ2) is 11.4. The molecule has 5 rings (SSSR count). The lowest BCUT2D eigenvalue weighted by atomic mass is 10.0. The first kappa shape index (κ1) is 26.0. The van der Waals surface area contributed by atoms with E-state index in [0.29, 0.717) is 34.1 Å². The van der Waals surface area contributed by atoms with Crippen LogP contribution in [0.3, 0.4) is 0 Å². The number of nitrogens with one attached hydrogen (secondary N) is 1. The van der Waals surface area contributed by atoms with Crippen molar-refractivity contribution in [3.63, 3.8) is 0 Å². The van der Waals surface area contributed by atoms with Crippen molar-refractivity contribution < 1.29 is 19.1 Å². The predicted octanol–water partition coefficient (Wildman–Crippen LogP) is 4.16. The van der Waals surface area contributed by atoms with Crippen LogP contribution in [0.1, 0.15) is 37.7 Å². The Balaban J connectivity index is 1.41. The van der Waals surface area contributed by atoms with E-state index in [4.69, 9.17) is 16.3 Å². The minimum absolute atomic E-state index is 0.0508. The van der Waals surface area contributed by atoms with Crippen molar-refractivity contribution in [2.75, 3.05) is 12.4 Å². The normalized spacial score (nSPS) is 14.9. The van der Waals surface area contributed by atoms with Crippen LogP contribution >= 0.6 is 11.6 Å². The number of ether oxygens (including phenoxy) is 1. The summed E-state index contributed by atoms with van der Waals surface area (Å²) in [6.07, 6.45) is 5.05. The smallest absolute Gasteiger partial charge is 0.258 e. The molecule has 1 aliphatic rings. The number of pyridine rings is 3. The molecule has 1 unspecified atom stereocenters. The summed E-state index contributed by atoms with van der Waals surface area (Å²) in [5.74, 6) is 0.0585. The van der Waals surface area contributed by atoms with E-state index in [0.717, 1.165) is 0 Å². The summed E-state index contributed by atoms with van der Waals surface area (Å²) in [6.45, 7) is 0.109. The number of aromatic nitrogens is 3. The third kappa shape index (κ3) is 5.78. The van der Waals surface area contributed by atoms with Gasteiger partial charge in [-0.15, -0.1) is 0 Å². The molecule has 10 heteroatoms. The maximum absolute atomic E-state index is 13.7. The number of amides is 2. The zero-order valence-electron chi connectivity index (χ0n) is 21.0. The number of ketones is 1. The van der Waals surface area contributed by atoms with Gasteiger partial charge in [-0.05, 0) is 54.1 Å². The fraction of sp³-hybridized carbons (Fsp3) is 0.172. The maximum atomic E-state index is 13.7. The van der Waals surface area contributed by atoms with Crippen LogP contribution in [0.25, 0.3) is 0 Å². The van der Waals surface area contributed by atoms with Crippen LogP contribution in [0.4, 0.5) is 5.82 Å². The van der Waals surface area contributed by atoms with Gasteiger partial charge in [0.25, 0.3) is 11.8 Å². The van der Waals surface area contributed by atoms with Crippen molar-refractivity contribution in [2.45, 2.75) is 25.4 Å². The second-order valence-electron chi connectivity index (χ2n) is 8.97. The molecule has 1 N–H and O–H groups in total. The van der Waals surface area contributed by atoms with Gasteiger partial charge in [0.05, 0.1) is 47.6 Å². The van der Waals surface area contributed by atoms with E-state index in [2.05, 4.69) is 20.3 Å². The van der Waals surface area contributed by atoms with E-state index in [9.17, 15) is 14.4 Å². The average Bonchev–Trinajstić information content (AvgIpc) is 3.04. The fourth-order valence-electron chi connectivity index (χ4n) is 4.45. The number of hydrogen-bond acceptors (Lipinski definition) is 7. The molecule has 0 bridgehead atoms. The molecule has 9 nitrogen and oxygen atoms in total. The number of rotatable bonds is 7. The zero-order valence-corrected chi connectivity index (χ0v) is 21.8. The van der Waals surface area contributed by atoms with Crippen molar-refractivity contribution in [3.05, 3.63) is 112 Å². The van der Waals surface area contributed by atoms with E-state index < -0.39 is 11.9 Å². The molecule has 0 aliphatic carbocycles. The van der Waals surface area contributed by atoms with E-state index in [-0.39, 0.29) is 41.7 Å². The Labute approximate surface area is 229 Å². The third-order valence-electron chi connectivity index (χ3n) is 6.44. The van der Waals surface area contributed by atoms with Crippen molar-refractivity contribution in [3.8, 4) is 5.75 Å². The monoisotopic (exact) mass is 541 g/mol. The number of nitrogens with zero attached hydrogens (tertiary/aromatic N) is 4. The molecule has 0 radical (unpaired) electrons. The number of halogens is 1. The van der Waals surface area contributed by atoms with Gasteiger partial charge in [-0.25, -0.2) is 4.98 Å². The number of carbonyl (C=O) groups is 3. The molecule has 2 amide bonds. The Hall–Kier alpha value is -4.63. The highest BCUT2D eigenvalue weighted by Crippen LogP contribution is 2.26. The van der Waals surface area contributed by atoms with Crippen LogP contribution in [-0.2, 0) is 24.2 Å². The van der Waals surface area contributed by atoms with Crippen LogP contribution in [-0.4, -0.2) is 50.6 Å². The molecule has 4 heterocycles. The highest BCUT2D eigenvalue weighted by Gasteiger charge is 2.36. The summed E-state index contributed by atoms with van der Waals surface area (Å²) in [6, 6.07) is 16.3. The van der Waals surface area contributed by atoms with E-state index in [1.807, 2.05) is 12.1 Å². The highest BCUT2D eigenvalue weighted by atomic mass is 35.5. The zero-order chi connectivity index (χ0) is 27.4. The van der Waals surface area contributed by atoms with Gasteiger partial charge in [0.1, 0.15) is 11.6 Å². The highest BCUT2D eigenvalue weighted by molar-refractivity contribution is 6.34. The number of fused-ring (bicyclic) bond motifs is 1. The van der Waals surface area contributed by atoms with E-state index in [1.165, 1.54) is 18.2 Å². The molecule has 0 saturated carbocycles. The van der Waals surface area contributed by atoms with Crippen LogP contribution in [0.2, 0.25) is 5.02 Å². The van der Waals surface area contributed by atoms with Gasteiger partial charge >= 0.3 is 0 Å². The molecular formula is C29H24ClN5O4. The Kier molecular flexibility index (Phi) is 7.60. The summed E-state index contributed by atoms with van der Waals surface area (Å²) in [7, 11) is 1.53. The van der Waals surface area contributed by atoms with Gasteiger partial charge in [0, 0.05) is 31.1 Å². The number of hydrogen-bond donors (Lipinski definition) is 1. The molecule has 1 aliphatic heterocycles.